The summed E-state index contributed by atoms with van der Waals surface area (Å²) in [6.07, 6.45) is -3.93. The maximum Gasteiger partial charge on any atom is 0.195 e. The largest absolute Gasteiger partial charge is 0.482 e. The molecule has 3 N–H and O–H groups in total. The quantitative estimate of drug-likeness (QED) is 0.783. The predicted octanol–water partition coefficient (Wildman–Crippen LogP) is 1.75. The van der Waals surface area contributed by atoms with Crippen molar-refractivity contribution in [3.8, 4) is 5.75 Å². The summed E-state index contributed by atoms with van der Waals surface area (Å²) in [6.45, 7) is -0.126. The minimum Gasteiger partial charge on any atom is -0.482 e. The topological polar surface area (TPSA) is 79.2 Å². The zero-order chi connectivity index (χ0) is 17.1. The van der Waals surface area contributed by atoms with Crippen LogP contribution in [0.2, 0.25) is 5.02 Å². The molecule has 0 bridgehead atoms. The van der Waals surface area contributed by atoms with Crippen LogP contribution in [0.25, 0.3) is 0 Å². The molecule has 4 atom stereocenters. The minimum absolute atomic E-state index is 0.126. The molecule has 1 heterocycles. The summed E-state index contributed by atoms with van der Waals surface area (Å²) in [7, 11) is 0. The SMILES string of the molecule is O[C@@H]1[C@@H](Oc2ccc(Cc3ccccc3Cl)cc2)[C@H](O)OC[C@H]1O. The number of hydrogen-bond donors (Lipinski definition) is 3. The van der Waals surface area contributed by atoms with Gasteiger partial charge in [0.1, 0.15) is 18.0 Å². The molecule has 1 fully saturated rings. The zero-order valence-corrected chi connectivity index (χ0v) is 13.6. The van der Waals surface area contributed by atoms with Crippen molar-refractivity contribution in [3.05, 3.63) is 64.7 Å². The number of aliphatic hydroxyl groups excluding tert-OH is 3. The molecule has 0 aliphatic carbocycles. The van der Waals surface area contributed by atoms with E-state index in [0.29, 0.717) is 12.2 Å². The predicted molar refractivity (Wildman–Crippen MR) is 89.1 cm³/mol. The highest BCUT2D eigenvalue weighted by Gasteiger charge is 2.39. The van der Waals surface area contributed by atoms with Gasteiger partial charge in [0.05, 0.1) is 6.61 Å². The Bertz CT molecular complexity index is 675. The summed E-state index contributed by atoms with van der Waals surface area (Å²) in [5.41, 5.74) is 2.08. The second kappa shape index (κ2) is 7.51. The third-order valence-corrected chi connectivity index (χ3v) is 4.37. The lowest BCUT2D eigenvalue weighted by molar-refractivity contribution is -0.244. The number of benzene rings is 2. The number of halogens is 1. The summed E-state index contributed by atoms with van der Waals surface area (Å²) >= 11 is 6.16. The Balaban J connectivity index is 1.67. The Labute approximate surface area is 145 Å². The van der Waals surface area contributed by atoms with Crippen molar-refractivity contribution in [2.75, 3.05) is 6.61 Å². The third kappa shape index (κ3) is 3.88. The highest BCUT2D eigenvalue weighted by Crippen LogP contribution is 2.23. The van der Waals surface area contributed by atoms with Gasteiger partial charge in [0, 0.05) is 5.02 Å². The summed E-state index contributed by atoms with van der Waals surface area (Å²) in [5, 5.41) is 30.0. The Morgan fingerprint density at radius 1 is 1.04 bits per heavy atom. The molecule has 2 aromatic carbocycles. The van der Waals surface area contributed by atoms with Crippen molar-refractivity contribution in [2.24, 2.45) is 0 Å². The molecule has 6 heteroatoms. The van der Waals surface area contributed by atoms with Gasteiger partial charge in [0.15, 0.2) is 12.4 Å². The smallest absolute Gasteiger partial charge is 0.195 e. The van der Waals surface area contributed by atoms with Crippen LogP contribution >= 0.6 is 11.6 Å². The van der Waals surface area contributed by atoms with Crippen LogP contribution in [0.1, 0.15) is 11.1 Å². The molecule has 128 valence electrons. The van der Waals surface area contributed by atoms with Crippen LogP contribution in [0.5, 0.6) is 5.75 Å². The number of ether oxygens (including phenoxy) is 2. The van der Waals surface area contributed by atoms with Crippen LogP contribution in [0.4, 0.5) is 0 Å². The van der Waals surface area contributed by atoms with Crippen molar-refractivity contribution >= 4 is 11.6 Å². The average Bonchev–Trinajstić information content (AvgIpc) is 2.59. The van der Waals surface area contributed by atoms with Crippen LogP contribution in [0.3, 0.4) is 0 Å². The van der Waals surface area contributed by atoms with E-state index in [0.717, 1.165) is 16.1 Å². The number of rotatable bonds is 4. The molecule has 0 radical (unpaired) electrons. The first-order chi connectivity index (χ1) is 11.5. The van der Waals surface area contributed by atoms with Gasteiger partial charge in [0.2, 0.25) is 0 Å². The lowest BCUT2D eigenvalue weighted by Gasteiger charge is -2.35. The van der Waals surface area contributed by atoms with Gasteiger partial charge in [-0.1, -0.05) is 41.9 Å². The van der Waals surface area contributed by atoms with Gasteiger partial charge in [-0.05, 0) is 35.7 Å². The van der Waals surface area contributed by atoms with Gasteiger partial charge in [-0.3, -0.25) is 0 Å². The molecular formula is C18H19ClO5. The average molecular weight is 351 g/mol. The van der Waals surface area contributed by atoms with Crippen molar-refractivity contribution in [2.45, 2.75) is 31.0 Å². The summed E-state index contributed by atoms with van der Waals surface area (Å²) in [4.78, 5) is 0. The first-order valence-electron chi connectivity index (χ1n) is 7.69. The fraction of sp³-hybridized carbons (Fsp3) is 0.333. The van der Waals surface area contributed by atoms with E-state index in [1.807, 2.05) is 36.4 Å². The van der Waals surface area contributed by atoms with E-state index < -0.39 is 24.6 Å². The standard InChI is InChI=1S/C18H19ClO5/c19-14-4-2-1-3-12(14)9-11-5-7-13(8-6-11)24-17-16(21)15(20)10-23-18(17)22/h1-8,15-18,20-22H,9-10H2/t15-,16+,17-,18-/m1/s1. The molecule has 1 aliphatic rings. The molecule has 0 saturated carbocycles. The van der Waals surface area contributed by atoms with E-state index in [1.54, 1.807) is 12.1 Å². The molecule has 0 unspecified atom stereocenters. The Kier molecular flexibility index (Phi) is 5.38. The van der Waals surface area contributed by atoms with Gasteiger partial charge in [-0.15, -0.1) is 0 Å². The molecular weight excluding hydrogens is 332 g/mol. The molecule has 0 amide bonds. The van der Waals surface area contributed by atoms with Crippen LogP contribution in [0.15, 0.2) is 48.5 Å². The molecule has 0 aromatic heterocycles. The first-order valence-corrected chi connectivity index (χ1v) is 8.07. The molecule has 0 spiro atoms. The second-order valence-electron chi connectivity index (χ2n) is 5.78. The maximum atomic E-state index is 9.92. The minimum atomic E-state index is -1.29. The normalized spacial score (nSPS) is 27.0. The molecule has 2 aromatic rings. The van der Waals surface area contributed by atoms with Crippen LogP contribution in [-0.4, -0.2) is 46.5 Å². The van der Waals surface area contributed by atoms with Crippen molar-refractivity contribution in [1.29, 1.82) is 0 Å². The van der Waals surface area contributed by atoms with Gasteiger partial charge in [0.25, 0.3) is 0 Å². The lowest BCUT2D eigenvalue weighted by Crippen LogP contribution is -2.55. The number of hydrogen-bond acceptors (Lipinski definition) is 5. The fourth-order valence-electron chi connectivity index (χ4n) is 2.61. The Morgan fingerprint density at radius 2 is 1.75 bits per heavy atom. The zero-order valence-electron chi connectivity index (χ0n) is 12.9. The summed E-state index contributed by atoms with van der Waals surface area (Å²) in [6, 6.07) is 14.9. The lowest BCUT2D eigenvalue weighted by atomic mass is 10.0. The van der Waals surface area contributed by atoms with Crippen LogP contribution in [-0.2, 0) is 11.2 Å². The second-order valence-corrected chi connectivity index (χ2v) is 6.18. The molecule has 1 aliphatic heterocycles. The number of aliphatic hydroxyl groups is 3. The van der Waals surface area contributed by atoms with Crippen molar-refractivity contribution in [3.63, 3.8) is 0 Å². The molecule has 1 saturated heterocycles. The van der Waals surface area contributed by atoms with E-state index in [-0.39, 0.29) is 6.61 Å². The van der Waals surface area contributed by atoms with Crippen molar-refractivity contribution in [1.82, 2.24) is 0 Å². The maximum absolute atomic E-state index is 9.92. The first kappa shape index (κ1) is 17.2. The van der Waals surface area contributed by atoms with Gasteiger partial charge in [-0.25, -0.2) is 0 Å². The summed E-state index contributed by atoms with van der Waals surface area (Å²) < 4.78 is 10.5. The van der Waals surface area contributed by atoms with Crippen LogP contribution in [0, 0.1) is 0 Å². The highest BCUT2D eigenvalue weighted by atomic mass is 35.5. The van der Waals surface area contributed by atoms with Crippen molar-refractivity contribution < 1.29 is 24.8 Å². The van der Waals surface area contributed by atoms with E-state index in [9.17, 15) is 15.3 Å². The molecule has 3 rings (SSSR count). The Morgan fingerprint density at radius 3 is 2.46 bits per heavy atom. The van der Waals surface area contributed by atoms with E-state index >= 15 is 0 Å². The Hall–Kier alpha value is -1.63. The van der Waals surface area contributed by atoms with Gasteiger partial charge < -0.3 is 24.8 Å². The van der Waals surface area contributed by atoms with E-state index in [1.165, 1.54) is 0 Å². The third-order valence-electron chi connectivity index (χ3n) is 4.00. The highest BCUT2D eigenvalue weighted by molar-refractivity contribution is 6.31. The van der Waals surface area contributed by atoms with Gasteiger partial charge in [-0.2, -0.15) is 0 Å². The molecule has 5 nitrogen and oxygen atoms in total. The molecule has 24 heavy (non-hydrogen) atoms. The van der Waals surface area contributed by atoms with Gasteiger partial charge >= 0.3 is 0 Å². The fourth-order valence-corrected chi connectivity index (χ4v) is 2.81. The van der Waals surface area contributed by atoms with E-state index in [4.69, 9.17) is 21.1 Å². The van der Waals surface area contributed by atoms with Crippen LogP contribution < -0.4 is 4.74 Å². The van der Waals surface area contributed by atoms with E-state index in [2.05, 4.69) is 0 Å². The monoisotopic (exact) mass is 350 g/mol. The summed E-state index contributed by atoms with van der Waals surface area (Å²) in [5.74, 6) is 0.471.